The quantitative estimate of drug-likeness (QED) is 0.153. The van der Waals surface area contributed by atoms with E-state index in [1.807, 2.05) is 82.8 Å². The first-order valence-electron chi connectivity index (χ1n) is 29.6. The van der Waals surface area contributed by atoms with Crippen molar-refractivity contribution in [3.63, 3.8) is 0 Å². The van der Waals surface area contributed by atoms with Gasteiger partial charge in [-0.25, -0.2) is 18.3 Å². The van der Waals surface area contributed by atoms with E-state index in [4.69, 9.17) is 11.0 Å². The number of hydrogen-bond donors (Lipinski definition) is 0. The maximum atomic E-state index is 8.39. The van der Waals surface area contributed by atoms with E-state index in [-0.39, 0.29) is 0 Å². The lowest BCUT2D eigenvalue weighted by Gasteiger charge is -2.17. The summed E-state index contributed by atoms with van der Waals surface area (Å²) in [6, 6.07) is 31.0. The molecule has 0 saturated carbocycles. The number of benzene rings is 4. The highest BCUT2D eigenvalue weighted by atomic mass is 14.9. The summed E-state index contributed by atoms with van der Waals surface area (Å²) >= 11 is 0. The lowest BCUT2D eigenvalue weighted by molar-refractivity contribution is -0.661. The van der Waals surface area contributed by atoms with Gasteiger partial charge >= 0.3 is 0 Å². The lowest BCUT2D eigenvalue weighted by Crippen LogP contribution is -2.32. The van der Waals surface area contributed by atoms with Gasteiger partial charge in [-0.1, -0.05) is 68.8 Å². The molecule has 0 unspecified atom stereocenters. The molecule has 4 heterocycles. The minimum Gasteiger partial charge on any atom is -0.201 e. The van der Waals surface area contributed by atoms with E-state index in [1.54, 1.807) is 36.9 Å². The average Bonchev–Trinajstić information content (AvgIpc) is 3.35. The van der Waals surface area contributed by atoms with E-state index in [0.29, 0.717) is 16.7 Å². The van der Waals surface area contributed by atoms with Crippen molar-refractivity contribution in [3.05, 3.63) is 210 Å². The van der Waals surface area contributed by atoms with Crippen LogP contribution in [0.25, 0.3) is 45.0 Å². The van der Waals surface area contributed by atoms with Crippen molar-refractivity contribution < 1.29 is 29.2 Å². The minimum atomic E-state index is -2.16. The fourth-order valence-corrected chi connectivity index (χ4v) is 9.47. The Hall–Kier alpha value is -6.52. The first kappa shape index (κ1) is 46.3. The summed E-state index contributed by atoms with van der Waals surface area (Å²) in [4.78, 5) is 0. The van der Waals surface area contributed by atoms with E-state index in [1.165, 1.54) is 89.3 Å². The lowest BCUT2D eigenvalue weighted by atomic mass is 9.88. The highest BCUT2D eigenvalue weighted by Crippen LogP contribution is 2.30. The Morgan fingerprint density at radius 2 is 0.808 bits per heavy atom. The van der Waals surface area contributed by atoms with Gasteiger partial charge in [0.1, 0.15) is 28.2 Å². The van der Waals surface area contributed by atoms with Crippen LogP contribution in [0.1, 0.15) is 126 Å². The smallest absolute Gasteiger partial charge is 0.201 e. The Balaban J connectivity index is 0.000000200. The van der Waals surface area contributed by atoms with E-state index < -0.39 is 25.5 Å². The Bertz CT molecular complexity index is 3580. The van der Waals surface area contributed by atoms with Gasteiger partial charge in [0.2, 0.25) is 22.8 Å². The molecule has 0 aliphatic heterocycles. The zero-order valence-corrected chi connectivity index (χ0v) is 48.3. The second-order valence-corrected chi connectivity index (χ2v) is 21.6. The molecule has 0 aliphatic rings. The first-order chi connectivity index (χ1) is 37.3. The van der Waals surface area contributed by atoms with Crippen molar-refractivity contribution in [1.82, 2.24) is 0 Å². The molecule has 382 valence electrons. The van der Waals surface area contributed by atoms with Crippen molar-refractivity contribution in [2.75, 3.05) is 0 Å². The monoisotopic (exact) mass is 983 g/mol. The Morgan fingerprint density at radius 3 is 1.30 bits per heavy atom. The van der Waals surface area contributed by atoms with Gasteiger partial charge in [0, 0.05) is 74.2 Å². The predicted octanol–water partition coefficient (Wildman–Crippen LogP) is 15.2. The highest BCUT2D eigenvalue weighted by Gasteiger charge is 2.20. The third-order valence-corrected chi connectivity index (χ3v) is 14.4. The van der Waals surface area contributed by atoms with Crippen molar-refractivity contribution >= 4 is 0 Å². The third kappa shape index (κ3) is 14.2. The second-order valence-electron chi connectivity index (χ2n) is 21.6. The van der Waals surface area contributed by atoms with Gasteiger partial charge in [0.25, 0.3) is 0 Å². The molecule has 73 heavy (non-hydrogen) atoms. The fourth-order valence-electron chi connectivity index (χ4n) is 9.47. The number of aromatic nitrogens is 4. The van der Waals surface area contributed by atoms with Crippen LogP contribution in [0.2, 0.25) is 0 Å². The molecule has 0 aliphatic carbocycles. The molecule has 4 aromatic carbocycles. The SMILES string of the molecule is Cc1cc(-c2ccc(C)c(C)c2C)[n+](C)cc1C.Cc1cc(C)c(-c2cc(C)c(C)c[n+]2C)c(C)c1.[2H]C([2H])([2H])c1c[n+](C)c(-c2ccc(C([2H])([2H])[2H])c(C)c2C)cc1C.[2H]C([2H])(c1ccc(-c2ccccc2C)[n+](C)c1)C(C)(C)C. The van der Waals surface area contributed by atoms with Crippen molar-refractivity contribution in [2.45, 2.75) is 138 Å². The van der Waals surface area contributed by atoms with Gasteiger partial charge in [-0.05, 0) is 213 Å². The maximum Gasteiger partial charge on any atom is 0.213 e. The summed E-state index contributed by atoms with van der Waals surface area (Å²) in [7, 11) is 8.03. The summed E-state index contributed by atoms with van der Waals surface area (Å²) in [5.41, 5.74) is 27.4. The van der Waals surface area contributed by atoms with Crippen LogP contribution >= 0.6 is 0 Å². The van der Waals surface area contributed by atoms with Crippen LogP contribution in [-0.2, 0) is 34.6 Å². The zero-order chi connectivity index (χ0) is 61.2. The summed E-state index contributed by atoms with van der Waals surface area (Å²) in [6.45, 7) is 30.9. The third-order valence-electron chi connectivity index (χ3n) is 14.4. The van der Waals surface area contributed by atoms with Crippen molar-refractivity contribution in [1.29, 1.82) is 0 Å². The number of nitrogens with zero attached hydrogens (tertiary/aromatic N) is 4. The van der Waals surface area contributed by atoms with Gasteiger partial charge in [-0.2, -0.15) is 0 Å². The van der Waals surface area contributed by atoms with E-state index >= 15 is 0 Å². The summed E-state index contributed by atoms with van der Waals surface area (Å²) < 4.78 is 70.7. The predicted molar refractivity (Wildman–Crippen MR) is 311 cm³/mol. The van der Waals surface area contributed by atoms with Crippen molar-refractivity contribution in [3.8, 4) is 45.0 Å². The van der Waals surface area contributed by atoms with E-state index in [0.717, 1.165) is 33.6 Å². The molecular formula is C69H90N4+4. The molecular weight excluding hydrogens is 885 g/mol. The summed E-state index contributed by atoms with van der Waals surface area (Å²) in [6.07, 6.45) is 6.59. The highest BCUT2D eigenvalue weighted by molar-refractivity contribution is 5.68. The molecule has 0 atom stereocenters. The van der Waals surface area contributed by atoms with Crippen molar-refractivity contribution in [2.24, 2.45) is 33.6 Å². The van der Waals surface area contributed by atoms with Crippen LogP contribution in [0.5, 0.6) is 0 Å². The molecule has 0 radical (unpaired) electrons. The molecule has 0 N–H and O–H groups in total. The molecule has 0 spiro atoms. The topological polar surface area (TPSA) is 15.5 Å². The number of hydrogen-bond acceptors (Lipinski definition) is 0. The number of rotatable bonds is 5. The van der Waals surface area contributed by atoms with Crippen LogP contribution in [0.3, 0.4) is 0 Å². The van der Waals surface area contributed by atoms with Gasteiger partial charge in [-0.3, -0.25) is 0 Å². The van der Waals surface area contributed by atoms with Gasteiger partial charge in [0.05, 0.1) is 5.56 Å². The van der Waals surface area contributed by atoms with Crippen LogP contribution in [-0.4, -0.2) is 0 Å². The number of aryl methyl sites for hydroxylation is 16. The Morgan fingerprint density at radius 1 is 0.370 bits per heavy atom. The summed E-state index contributed by atoms with van der Waals surface area (Å²) in [5, 5.41) is 0. The van der Waals surface area contributed by atoms with Crippen LogP contribution in [0, 0.1) is 116 Å². The van der Waals surface area contributed by atoms with Crippen LogP contribution < -0.4 is 18.3 Å². The van der Waals surface area contributed by atoms with Gasteiger partial charge in [-0.15, -0.1) is 0 Å². The maximum absolute atomic E-state index is 8.39. The first-order valence-corrected chi connectivity index (χ1v) is 25.6. The Labute approximate surface area is 454 Å². The molecule has 4 nitrogen and oxygen atoms in total. The molecule has 4 aromatic heterocycles. The largest absolute Gasteiger partial charge is 0.213 e. The molecule has 4 heteroatoms. The Kier molecular flexibility index (Phi) is 15.2. The van der Waals surface area contributed by atoms with E-state index in [2.05, 4.69) is 160 Å². The van der Waals surface area contributed by atoms with Crippen LogP contribution in [0.4, 0.5) is 0 Å². The zero-order valence-electron chi connectivity index (χ0n) is 56.3. The van der Waals surface area contributed by atoms with Crippen LogP contribution in [0.15, 0.2) is 116 Å². The minimum absolute atomic E-state index is 0.322. The van der Waals surface area contributed by atoms with E-state index in [9.17, 15) is 0 Å². The molecule has 0 saturated heterocycles. The average molecular weight is 984 g/mol. The molecule has 0 bridgehead atoms. The molecule has 0 amide bonds. The van der Waals surface area contributed by atoms with Gasteiger partial charge < -0.3 is 0 Å². The second kappa shape index (κ2) is 24.0. The molecule has 8 rings (SSSR count). The fraction of sp³-hybridized carbons (Fsp3) is 0.362. The molecule has 8 aromatic rings. The summed E-state index contributed by atoms with van der Waals surface area (Å²) in [5.74, 6) is 0. The normalized spacial score (nSPS) is 13.2. The molecule has 0 fully saturated rings. The number of pyridine rings is 4. The standard InChI is InChI=1S/C18H24N.3C17H22N/c1-14-8-6-7-9-16(14)17-11-10-15(13-19(17)5)12-18(2,3)4;1-11-7-13(3)17(14(4)8-11)16-9-12(2)15(5)10-18(16)6;2*1-11-7-8-16(15(5)14(11)4)17-9-12(2)13(3)10-18(17)6/h6-11,13H,12H2,1-5H3;3*7-10H,1-6H3/q4*+1/i12D2;;1D3,3D3;. The van der Waals surface area contributed by atoms with Gasteiger partial charge in [0.15, 0.2) is 24.8 Å².